The summed E-state index contributed by atoms with van der Waals surface area (Å²) in [5.74, 6) is 6.93. The van der Waals surface area contributed by atoms with Gasteiger partial charge in [-0.05, 0) is 37.8 Å². The van der Waals surface area contributed by atoms with Crippen molar-refractivity contribution in [3.05, 3.63) is 71.6 Å². The van der Waals surface area contributed by atoms with Crippen LogP contribution in [0.4, 0.5) is 0 Å². The topological polar surface area (TPSA) is 48.0 Å². The first kappa shape index (κ1) is 15.2. The van der Waals surface area contributed by atoms with Gasteiger partial charge in [-0.1, -0.05) is 30.3 Å². The molecule has 3 aromatic heterocycles. The van der Waals surface area contributed by atoms with E-state index in [0.717, 1.165) is 28.3 Å². The predicted octanol–water partition coefficient (Wildman–Crippen LogP) is 3.15. The van der Waals surface area contributed by atoms with Crippen LogP contribution in [0.25, 0.3) is 16.9 Å². The first-order chi connectivity index (χ1) is 12.1. The Labute approximate surface area is 146 Å². The lowest BCUT2D eigenvalue weighted by Gasteiger charge is -1.96. The van der Waals surface area contributed by atoms with Crippen LogP contribution in [-0.2, 0) is 7.05 Å². The predicted molar refractivity (Wildman–Crippen MR) is 97.1 cm³/mol. The Morgan fingerprint density at radius 1 is 0.920 bits per heavy atom. The minimum absolute atomic E-state index is 0.692. The van der Waals surface area contributed by atoms with E-state index in [0.29, 0.717) is 11.5 Å². The third-order valence-corrected chi connectivity index (χ3v) is 4.19. The maximum absolute atomic E-state index is 4.62. The first-order valence-corrected chi connectivity index (χ1v) is 8.05. The molecule has 1 aromatic carbocycles. The average Bonchev–Trinajstić information content (AvgIpc) is 3.14. The Morgan fingerprint density at radius 2 is 1.72 bits per heavy atom. The summed E-state index contributed by atoms with van der Waals surface area (Å²) < 4.78 is 3.76. The lowest BCUT2D eigenvalue weighted by atomic mass is 10.2. The van der Waals surface area contributed by atoms with Crippen molar-refractivity contribution in [1.82, 2.24) is 24.1 Å². The van der Waals surface area contributed by atoms with Crippen LogP contribution in [0.2, 0.25) is 0 Å². The van der Waals surface area contributed by atoms with Gasteiger partial charge in [-0.3, -0.25) is 0 Å². The fourth-order valence-corrected chi connectivity index (χ4v) is 2.67. The van der Waals surface area contributed by atoms with Gasteiger partial charge in [0.05, 0.1) is 17.1 Å². The van der Waals surface area contributed by atoms with E-state index in [9.17, 15) is 0 Å². The van der Waals surface area contributed by atoms with Crippen LogP contribution in [0.15, 0.2) is 48.7 Å². The van der Waals surface area contributed by atoms with Gasteiger partial charge in [0.2, 0.25) is 0 Å². The van der Waals surface area contributed by atoms with Gasteiger partial charge in [0.1, 0.15) is 5.69 Å². The van der Waals surface area contributed by atoms with Crippen molar-refractivity contribution in [1.29, 1.82) is 0 Å². The van der Waals surface area contributed by atoms with Gasteiger partial charge in [-0.25, -0.2) is 14.5 Å². The SMILES string of the molecule is Cc1nc2ccc(C#Cc3nc(-c4ccccc4)cn3C)nn2c1C. The lowest BCUT2D eigenvalue weighted by Crippen LogP contribution is -1.97. The summed E-state index contributed by atoms with van der Waals surface area (Å²) in [6, 6.07) is 13.9. The number of rotatable bonds is 1. The molecule has 0 N–H and O–H groups in total. The summed E-state index contributed by atoms with van der Waals surface area (Å²) in [7, 11) is 1.95. The lowest BCUT2D eigenvalue weighted by molar-refractivity contribution is 0.883. The zero-order chi connectivity index (χ0) is 17.4. The van der Waals surface area contributed by atoms with Gasteiger partial charge in [-0.2, -0.15) is 5.10 Å². The Kier molecular flexibility index (Phi) is 3.58. The van der Waals surface area contributed by atoms with Crippen molar-refractivity contribution in [3.8, 4) is 23.1 Å². The van der Waals surface area contributed by atoms with E-state index >= 15 is 0 Å². The minimum atomic E-state index is 0.692. The second-order valence-electron chi connectivity index (χ2n) is 5.95. The average molecular weight is 327 g/mol. The maximum atomic E-state index is 4.62. The van der Waals surface area contributed by atoms with Crippen molar-refractivity contribution < 1.29 is 0 Å². The third-order valence-electron chi connectivity index (χ3n) is 4.19. The molecule has 3 heterocycles. The molecule has 0 amide bonds. The standard InChI is InChI=1S/C20H17N5/c1-14-15(2)25-20(21-14)12-10-17(23-25)9-11-19-22-18(13-24(19)3)16-7-5-4-6-8-16/h4-8,10,12-13H,1-3H3. The van der Waals surface area contributed by atoms with E-state index in [-0.39, 0.29) is 0 Å². The summed E-state index contributed by atoms with van der Waals surface area (Å²) >= 11 is 0. The van der Waals surface area contributed by atoms with Crippen LogP contribution >= 0.6 is 0 Å². The molecule has 0 aliphatic carbocycles. The van der Waals surface area contributed by atoms with E-state index < -0.39 is 0 Å². The number of aromatic nitrogens is 5. The van der Waals surface area contributed by atoms with Crippen molar-refractivity contribution in [2.45, 2.75) is 13.8 Å². The molecular weight excluding hydrogens is 310 g/mol. The van der Waals surface area contributed by atoms with E-state index in [4.69, 9.17) is 0 Å². The molecule has 25 heavy (non-hydrogen) atoms. The molecule has 0 aliphatic rings. The molecule has 0 spiro atoms. The minimum Gasteiger partial charge on any atom is -0.327 e. The molecule has 0 atom stereocenters. The molecule has 4 rings (SSSR count). The number of aryl methyl sites for hydroxylation is 3. The molecule has 0 saturated carbocycles. The van der Waals surface area contributed by atoms with Crippen LogP contribution in [-0.4, -0.2) is 24.1 Å². The second kappa shape index (κ2) is 5.91. The van der Waals surface area contributed by atoms with Gasteiger partial charge in [0, 0.05) is 18.8 Å². The van der Waals surface area contributed by atoms with Crippen molar-refractivity contribution >= 4 is 5.65 Å². The largest absolute Gasteiger partial charge is 0.327 e. The van der Waals surface area contributed by atoms with Crippen molar-refractivity contribution in [2.24, 2.45) is 7.05 Å². The second-order valence-corrected chi connectivity index (χ2v) is 5.95. The Morgan fingerprint density at radius 3 is 2.52 bits per heavy atom. The van der Waals surface area contributed by atoms with E-state index in [2.05, 4.69) is 26.9 Å². The van der Waals surface area contributed by atoms with Crippen LogP contribution in [0.3, 0.4) is 0 Å². The molecule has 0 bridgehead atoms. The highest BCUT2D eigenvalue weighted by atomic mass is 15.3. The molecule has 5 heteroatoms. The summed E-state index contributed by atoms with van der Waals surface area (Å²) in [5, 5.41) is 4.55. The van der Waals surface area contributed by atoms with Gasteiger partial charge < -0.3 is 4.57 Å². The van der Waals surface area contributed by atoms with Crippen molar-refractivity contribution in [2.75, 3.05) is 0 Å². The van der Waals surface area contributed by atoms with Gasteiger partial charge in [-0.15, -0.1) is 0 Å². The molecule has 0 fully saturated rings. The maximum Gasteiger partial charge on any atom is 0.186 e. The normalized spacial score (nSPS) is 10.7. The fourth-order valence-electron chi connectivity index (χ4n) is 2.67. The molecule has 0 radical (unpaired) electrons. The van der Waals surface area contributed by atoms with Gasteiger partial charge >= 0.3 is 0 Å². The van der Waals surface area contributed by atoms with E-state index in [1.165, 1.54) is 0 Å². The summed E-state index contributed by atoms with van der Waals surface area (Å²) in [4.78, 5) is 9.08. The van der Waals surface area contributed by atoms with Gasteiger partial charge in [0.15, 0.2) is 11.5 Å². The zero-order valence-corrected chi connectivity index (χ0v) is 14.4. The Balaban J connectivity index is 1.70. The van der Waals surface area contributed by atoms with Crippen LogP contribution in [0.5, 0.6) is 0 Å². The Bertz CT molecular complexity index is 1120. The van der Waals surface area contributed by atoms with Crippen LogP contribution in [0, 0.1) is 25.7 Å². The summed E-state index contributed by atoms with van der Waals surface area (Å²) in [5.41, 5.74) is 5.53. The molecule has 0 saturated heterocycles. The van der Waals surface area contributed by atoms with Gasteiger partial charge in [0.25, 0.3) is 0 Å². The highest BCUT2D eigenvalue weighted by Gasteiger charge is 2.06. The number of hydrogen-bond donors (Lipinski definition) is 0. The third kappa shape index (κ3) is 2.79. The number of benzene rings is 1. The number of hydrogen-bond acceptors (Lipinski definition) is 3. The van der Waals surface area contributed by atoms with E-state index in [1.807, 2.05) is 78.6 Å². The molecule has 0 unspecified atom stereocenters. The first-order valence-electron chi connectivity index (χ1n) is 8.05. The molecule has 5 nitrogen and oxygen atoms in total. The highest BCUT2D eigenvalue weighted by Crippen LogP contribution is 2.17. The molecule has 122 valence electrons. The highest BCUT2D eigenvalue weighted by molar-refractivity contribution is 5.59. The molecule has 0 aliphatic heterocycles. The fraction of sp³-hybridized carbons (Fsp3) is 0.150. The molecular formula is C20H17N5. The number of nitrogens with zero attached hydrogens (tertiary/aromatic N) is 5. The smallest absolute Gasteiger partial charge is 0.186 e. The van der Waals surface area contributed by atoms with Crippen LogP contribution < -0.4 is 0 Å². The molecule has 4 aromatic rings. The quantitative estimate of drug-likeness (QED) is 0.505. The van der Waals surface area contributed by atoms with Crippen LogP contribution in [0.1, 0.15) is 22.9 Å². The number of fused-ring (bicyclic) bond motifs is 1. The zero-order valence-electron chi connectivity index (χ0n) is 14.4. The van der Waals surface area contributed by atoms with Crippen molar-refractivity contribution in [3.63, 3.8) is 0 Å². The monoisotopic (exact) mass is 327 g/mol. The van der Waals surface area contributed by atoms with E-state index in [1.54, 1.807) is 0 Å². The summed E-state index contributed by atoms with van der Waals surface area (Å²) in [6.07, 6.45) is 1.99. The summed E-state index contributed by atoms with van der Waals surface area (Å²) in [6.45, 7) is 3.98. The number of imidazole rings is 2. The Hall–Kier alpha value is -3.39.